The molecule has 5 rings (SSSR count). The summed E-state index contributed by atoms with van der Waals surface area (Å²) in [7, 11) is 0. The van der Waals surface area contributed by atoms with Crippen LogP contribution in [-0.4, -0.2) is 88.3 Å². The van der Waals surface area contributed by atoms with Gasteiger partial charge in [0, 0.05) is 48.0 Å². The molecular formula is C25H27ClN10O3. The predicted molar refractivity (Wildman–Crippen MR) is 146 cm³/mol. The van der Waals surface area contributed by atoms with Gasteiger partial charge in [-0.3, -0.25) is 25.0 Å². The molecule has 0 saturated carbocycles. The SMILES string of the molecule is N=CN(N=N)c1ccc(Cl)cc1/C=C/C(=O)N1C[C@@H](N2CCOCC2)C[C@H]1C(=O)Nc1ccc2nn[nH]c2c1. The van der Waals surface area contributed by atoms with Crippen molar-refractivity contribution in [3.8, 4) is 0 Å². The summed E-state index contributed by atoms with van der Waals surface area (Å²) in [6.07, 6.45) is 4.31. The molecule has 1 aromatic heterocycles. The number of rotatable bonds is 8. The van der Waals surface area contributed by atoms with Crippen LogP contribution in [0.15, 0.2) is 47.7 Å². The summed E-state index contributed by atoms with van der Waals surface area (Å²) in [5.41, 5.74) is 10.2. The zero-order chi connectivity index (χ0) is 27.4. The number of likely N-dealkylation sites (tertiary alicyclic amines) is 1. The van der Waals surface area contributed by atoms with Gasteiger partial charge in [-0.2, -0.15) is 5.53 Å². The van der Waals surface area contributed by atoms with Crippen LogP contribution >= 0.6 is 11.6 Å². The van der Waals surface area contributed by atoms with Crippen molar-refractivity contribution < 1.29 is 14.3 Å². The van der Waals surface area contributed by atoms with E-state index in [1.165, 1.54) is 6.08 Å². The Balaban J connectivity index is 1.38. The first-order chi connectivity index (χ1) is 19.0. The van der Waals surface area contributed by atoms with Crippen LogP contribution in [0.4, 0.5) is 11.4 Å². The molecule has 3 aromatic rings. The highest BCUT2D eigenvalue weighted by Gasteiger charge is 2.41. The second kappa shape index (κ2) is 11.7. The van der Waals surface area contributed by atoms with Crippen molar-refractivity contribution in [2.24, 2.45) is 5.22 Å². The summed E-state index contributed by atoms with van der Waals surface area (Å²) >= 11 is 6.17. The van der Waals surface area contributed by atoms with Crippen molar-refractivity contribution in [3.63, 3.8) is 0 Å². The molecule has 2 fully saturated rings. The summed E-state index contributed by atoms with van der Waals surface area (Å²) in [6.45, 7) is 3.09. The van der Waals surface area contributed by atoms with Gasteiger partial charge in [0.1, 0.15) is 17.9 Å². The summed E-state index contributed by atoms with van der Waals surface area (Å²) in [5, 5.41) is 25.8. The van der Waals surface area contributed by atoms with E-state index in [4.69, 9.17) is 27.3 Å². The molecule has 0 unspecified atom stereocenters. The number of amides is 2. The molecule has 2 aromatic carbocycles. The molecule has 2 atom stereocenters. The van der Waals surface area contributed by atoms with E-state index in [9.17, 15) is 9.59 Å². The summed E-state index contributed by atoms with van der Waals surface area (Å²) < 4.78 is 5.48. The van der Waals surface area contributed by atoms with Crippen molar-refractivity contribution in [1.82, 2.24) is 25.2 Å². The van der Waals surface area contributed by atoms with Crippen molar-refractivity contribution in [2.75, 3.05) is 43.2 Å². The molecule has 39 heavy (non-hydrogen) atoms. The number of carbonyl (C=O) groups excluding carboxylic acids is 2. The van der Waals surface area contributed by atoms with Crippen LogP contribution in [-0.2, 0) is 14.3 Å². The third-order valence-electron chi connectivity index (χ3n) is 6.89. The van der Waals surface area contributed by atoms with E-state index >= 15 is 0 Å². The van der Waals surface area contributed by atoms with Crippen LogP contribution < -0.4 is 10.3 Å². The van der Waals surface area contributed by atoms with Gasteiger partial charge in [0.15, 0.2) is 0 Å². The lowest BCUT2D eigenvalue weighted by atomic mass is 10.1. The Hall–Kier alpha value is -4.20. The Kier molecular flexibility index (Phi) is 7.91. The number of anilines is 2. The van der Waals surface area contributed by atoms with Crippen LogP contribution in [0, 0.1) is 10.9 Å². The minimum Gasteiger partial charge on any atom is -0.379 e. The second-order valence-electron chi connectivity index (χ2n) is 9.19. The van der Waals surface area contributed by atoms with Crippen LogP contribution in [0.2, 0.25) is 5.02 Å². The highest BCUT2D eigenvalue weighted by molar-refractivity contribution is 6.30. The standard InChI is InChI=1S/C25H27ClN10O3/c26-17-2-5-22(36(15-27)32-28)16(11-17)1-6-24(37)35-14-19(34-7-9-39-10-8-34)13-23(35)25(38)29-18-3-4-20-21(12-18)31-33-30-20/h1-6,11-12,15,19,23,27-28H,7-10,13-14H2,(H,29,38)(H,30,31,33)/b6-1+,27-15?,32-28?/t19-,23-/m0/s1. The molecule has 202 valence electrons. The Morgan fingerprint density at radius 2 is 2.05 bits per heavy atom. The number of benzene rings is 2. The number of fused-ring (bicyclic) bond motifs is 1. The van der Waals surface area contributed by atoms with Crippen molar-refractivity contribution >= 4 is 58.2 Å². The molecule has 2 amide bonds. The van der Waals surface area contributed by atoms with Gasteiger partial charge in [-0.05, 0) is 48.9 Å². The Labute approximate surface area is 228 Å². The maximum absolute atomic E-state index is 13.5. The highest BCUT2D eigenvalue weighted by atomic mass is 35.5. The monoisotopic (exact) mass is 550 g/mol. The molecule has 0 bridgehead atoms. The van der Waals surface area contributed by atoms with E-state index in [0.717, 1.165) is 24.4 Å². The third kappa shape index (κ3) is 5.79. The average Bonchev–Trinajstić information content (AvgIpc) is 3.61. The lowest BCUT2D eigenvalue weighted by Crippen LogP contribution is -2.45. The molecule has 2 aliphatic rings. The number of ether oxygens (including phenoxy) is 1. The maximum atomic E-state index is 13.5. The fourth-order valence-electron chi connectivity index (χ4n) is 4.94. The van der Waals surface area contributed by atoms with Crippen LogP contribution in [0.5, 0.6) is 0 Å². The zero-order valence-electron chi connectivity index (χ0n) is 20.9. The molecule has 14 heteroatoms. The Morgan fingerprint density at radius 1 is 1.23 bits per heavy atom. The largest absolute Gasteiger partial charge is 0.379 e. The first kappa shape index (κ1) is 26.4. The lowest BCUT2D eigenvalue weighted by Gasteiger charge is -2.31. The number of carbonyl (C=O) groups is 2. The lowest BCUT2D eigenvalue weighted by molar-refractivity contribution is -0.132. The van der Waals surface area contributed by atoms with Gasteiger partial charge < -0.3 is 15.0 Å². The van der Waals surface area contributed by atoms with Crippen molar-refractivity contribution in [1.29, 1.82) is 10.9 Å². The quantitative estimate of drug-likeness (QED) is 0.110. The third-order valence-corrected chi connectivity index (χ3v) is 7.13. The summed E-state index contributed by atoms with van der Waals surface area (Å²) in [6, 6.07) is 9.42. The highest BCUT2D eigenvalue weighted by Crippen LogP contribution is 2.28. The first-order valence-electron chi connectivity index (χ1n) is 12.4. The minimum absolute atomic E-state index is 0.0125. The number of nitrogens with zero attached hydrogens (tertiary/aromatic N) is 6. The average molecular weight is 551 g/mol. The van der Waals surface area contributed by atoms with Gasteiger partial charge in [0.2, 0.25) is 11.8 Å². The summed E-state index contributed by atoms with van der Waals surface area (Å²) in [5.74, 6) is -0.625. The number of aromatic nitrogens is 3. The van der Waals surface area contributed by atoms with E-state index in [2.05, 4.69) is 30.9 Å². The van der Waals surface area contributed by atoms with Crippen LogP contribution in [0.3, 0.4) is 0 Å². The first-order valence-corrected chi connectivity index (χ1v) is 12.7. The van der Waals surface area contributed by atoms with Crippen molar-refractivity contribution in [2.45, 2.75) is 18.5 Å². The fraction of sp³-hybridized carbons (Fsp3) is 0.320. The van der Waals surface area contributed by atoms with Crippen LogP contribution in [0.25, 0.3) is 17.1 Å². The van der Waals surface area contributed by atoms with Gasteiger partial charge in [0.25, 0.3) is 0 Å². The van der Waals surface area contributed by atoms with Gasteiger partial charge in [-0.25, -0.2) is 5.01 Å². The molecular weight excluding hydrogens is 524 g/mol. The molecule has 2 saturated heterocycles. The number of hydrogen-bond acceptors (Lipinski definition) is 9. The maximum Gasteiger partial charge on any atom is 0.247 e. The smallest absolute Gasteiger partial charge is 0.247 e. The second-order valence-corrected chi connectivity index (χ2v) is 9.62. The van der Waals surface area contributed by atoms with Gasteiger partial charge >= 0.3 is 0 Å². The molecule has 4 N–H and O–H groups in total. The topological polar surface area (TPSA) is 167 Å². The fourth-order valence-corrected chi connectivity index (χ4v) is 5.12. The normalized spacial score (nSPS) is 19.9. The predicted octanol–water partition coefficient (Wildman–Crippen LogP) is 2.92. The van der Waals surface area contributed by atoms with Gasteiger partial charge in [-0.15, -0.1) is 5.10 Å². The number of halogens is 1. The molecule has 13 nitrogen and oxygen atoms in total. The molecule has 0 aliphatic carbocycles. The van der Waals surface area contributed by atoms with E-state index in [1.807, 2.05) is 0 Å². The Morgan fingerprint density at radius 3 is 2.82 bits per heavy atom. The van der Waals surface area contributed by atoms with E-state index in [-0.39, 0.29) is 17.9 Å². The number of nitrogens with one attached hydrogen (secondary N) is 4. The summed E-state index contributed by atoms with van der Waals surface area (Å²) in [4.78, 5) is 30.8. The Bertz CT molecular complexity index is 1410. The molecule has 0 spiro atoms. The molecule has 0 radical (unpaired) electrons. The number of H-pyrrole nitrogens is 1. The minimum atomic E-state index is -0.689. The number of hydrogen-bond donors (Lipinski definition) is 4. The van der Waals surface area contributed by atoms with Crippen LogP contribution in [0.1, 0.15) is 12.0 Å². The molecule has 3 heterocycles. The van der Waals surface area contributed by atoms with Crippen molar-refractivity contribution in [3.05, 3.63) is 53.1 Å². The number of morpholine rings is 1. The van der Waals surface area contributed by atoms with E-state index in [0.29, 0.717) is 59.2 Å². The van der Waals surface area contributed by atoms with E-state index in [1.54, 1.807) is 47.4 Å². The zero-order valence-corrected chi connectivity index (χ0v) is 21.6. The number of aromatic amines is 1. The molecule has 2 aliphatic heterocycles. The van der Waals surface area contributed by atoms with Gasteiger partial charge in [0.05, 0.1) is 24.4 Å². The van der Waals surface area contributed by atoms with Gasteiger partial charge in [-0.1, -0.05) is 22.0 Å². The van der Waals surface area contributed by atoms with E-state index < -0.39 is 6.04 Å².